The van der Waals surface area contributed by atoms with Gasteiger partial charge in [0.15, 0.2) is 0 Å². The average Bonchev–Trinajstić information content (AvgIpc) is 2.03. The summed E-state index contributed by atoms with van der Waals surface area (Å²) >= 11 is 5.39. The van der Waals surface area contributed by atoms with Crippen LogP contribution in [0.1, 0.15) is 6.42 Å². The molecule has 64 valence electrons. The number of carbonyl (C=O) groups excluding carboxylic acids is 1. The molecule has 2 nitrogen and oxygen atoms in total. The highest BCUT2D eigenvalue weighted by molar-refractivity contribution is 14.1. The molecular formula is C7H11BrINO. The van der Waals surface area contributed by atoms with Crippen molar-refractivity contribution in [3.05, 3.63) is 12.2 Å². The lowest BCUT2D eigenvalue weighted by Gasteiger charge is -2.00. The number of rotatable bonds is 4. The van der Waals surface area contributed by atoms with Crippen molar-refractivity contribution in [1.82, 2.24) is 5.32 Å². The molecule has 0 rings (SSSR count). The molecule has 0 bridgehead atoms. The molecule has 0 aromatic rings. The lowest BCUT2D eigenvalue weighted by molar-refractivity contribution is -0.119. The third-order valence-electron chi connectivity index (χ3n) is 1.08. The lowest BCUT2D eigenvalue weighted by Crippen LogP contribution is -2.25. The zero-order chi connectivity index (χ0) is 8.69. The van der Waals surface area contributed by atoms with Crippen LogP contribution in [-0.2, 0) is 4.79 Å². The van der Waals surface area contributed by atoms with Gasteiger partial charge in [0.2, 0.25) is 5.91 Å². The van der Waals surface area contributed by atoms with Crippen LogP contribution >= 0.6 is 38.5 Å². The van der Waals surface area contributed by atoms with Gasteiger partial charge >= 0.3 is 0 Å². The number of nitrogens with one attached hydrogen (secondary N) is 1. The van der Waals surface area contributed by atoms with Crippen LogP contribution in [0.4, 0.5) is 0 Å². The normalized spacial score (nSPS) is 13.4. The second kappa shape index (κ2) is 7.09. The van der Waals surface area contributed by atoms with Crippen LogP contribution in [0, 0.1) is 0 Å². The van der Waals surface area contributed by atoms with Crippen LogP contribution in [-0.4, -0.2) is 22.2 Å². The molecule has 0 aromatic carbocycles. The summed E-state index contributed by atoms with van der Waals surface area (Å²) in [5, 5.41) is 3.53. The molecule has 4 heteroatoms. The third-order valence-corrected chi connectivity index (χ3v) is 2.52. The smallest absolute Gasteiger partial charge is 0.236 e. The fourth-order valence-corrected chi connectivity index (χ4v) is 1.37. The molecule has 1 atom stereocenters. The van der Waals surface area contributed by atoms with E-state index >= 15 is 0 Å². The molecule has 1 N–H and O–H groups in total. The number of alkyl halides is 2. The first-order valence-corrected chi connectivity index (χ1v) is 5.67. The Hall–Kier alpha value is 0.420. The summed E-state index contributed by atoms with van der Waals surface area (Å²) < 4.78 is -0.0448. The number of halogens is 2. The maximum atomic E-state index is 10.9. The van der Waals surface area contributed by atoms with Crippen molar-refractivity contribution in [2.24, 2.45) is 0 Å². The molecule has 0 aliphatic rings. The van der Waals surface area contributed by atoms with E-state index in [9.17, 15) is 4.79 Å². The standard InChI is InChI=1S/C7H11BrINO/c1-10-7(11)6(9)4-2-3-5-8/h2,4,6H,3,5H2,1H3,(H,10,11). The quantitative estimate of drug-likeness (QED) is 0.475. The van der Waals surface area contributed by atoms with E-state index in [4.69, 9.17) is 0 Å². The van der Waals surface area contributed by atoms with Crippen LogP contribution in [0.3, 0.4) is 0 Å². The van der Waals surface area contributed by atoms with Crippen molar-refractivity contribution in [2.45, 2.75) is 10.3 Å². The largest absolute Gasteiger partial charge is 0.358 e. The van der Waals surface area contributed by atoms with Crippen LogP contribution in [0.2, 0.25) is 0 Å². The van der Waals surface area contributed by atoms with E-state index in [0.29, 0.717) is 0 Å². The second-order valence-electron chi connectivity index (χ2n) is 1.92. The van der Waals surface area contributed by atoms with Gasteiger partial charge in [0.25, 0.3) is 0 Å². The minimum absolute atomic E-state index is 0.0448. The molecule has 1 unspecified atom stereocenters. The van der Waals surface area contributed by atoms with E-state index in [2.05, 4.69) is 43.8 Å². The van der Waals surface area contributed by atoms with E-state index in [0.717, 1.165) is 11.8 Å². The van der Waals surface area contributed by atoms with Gasteiger partial charge in [-0.15, -0.1) is 0 Å². The fraction of sp³-hybridized carbons (Fsp3) is 0.571. The van der Waals surface area contributed by atoms with E-state index in [1.807, 2.05) is 12.2 Å². The van der Waals surface area contributed by atoms with Crippen molar-refractivity contribution >= 4 is 44.4 Å². The zero-order valence-electron chi connectivity index (χ0n) is 6.31. The molecule has 0 radical (unpaired) electrons. The molecular weight excluding hydrogens is 321 g/mol. The second-order valence-corrected chi connectivity index (χ2v) is 4.06. The molecule has 0 saturated heterocycles. The van der Waals surface area contributed by atoms with Gasteiger partial charge in [-0.1, -0.05) is 50.7 Å². The average molecular weight is 332 g/mol. The van der Waals surface area contributed by atoms with E-state index < -0.39 is 0 Å². The van der Waals surface area contributed by atoms with Gasteiger partial charge in [-0.2, -0.15) is 0 Å². The van der Waals surface area contributed by atoms with E-state index in [1.165, 1.54) is 0 Å². The van der Waals surface area contributed by atoms with Gasteiger partial charge < -0.3 is 5.32 Å². The summed E-state index contributed by atoms with van der Waals surface area (Å²) in [7, 11) is 1.65. The summed E-state index contributed by atoms with van der Waals surface area (Å²) in [6.45, 7) is 0. The number of amides is 1. The van der Waals surface area contributed by atoms with Gasteiger partial charge in [-0.25, -0.2) is 0 Å². The summed E-state index contributed by atoms with van der Waals surface area (Å²) in [5.41, 5.74) is 0. The topological polar surface area (TPSA) is 29.1 Å². The van der Waals surface area contributed by atoms with Gasteiger partial charge in [-0.05, 0) is 6.42 Å². The summed E-state index contributed by atoms with van der Waals surface area (Å²) in [5.74, 6) is 0.0522. The van der Waals surface area contributed by atoms with Crippen molar-refractivity contribution < 1.29 is 4.79 Å². The van der Waals surface area contributed by atoms with E-state index in [1.54, 1.807) is 7.05 Å². The van der Waals surface area contributed by atoms with Crippen LogP contribution < -0.4 is 5.32 Å². The zero-order valence-corrected chi connectivity index (χ0v) is 10.1. The molecule has 0 aliphatic carbocycles. The Kier molecular flexibility index (Phi) is 7.36. The highest BCUT2D eigenvalue weighted by Crippen LogP contribution is 2.03. The maximum absolute atomic E-state index is 10.9. The summed E-state index contributed by atoms with van der Waals surface area (Å²) in [6, 6.07) is 0. The third kappa shape index (κ3) is 5.66. The van der Waals surface area contributed by atoms with Crippen molar-refractivity contribution in [3.63, 3.8) is 0 Å². The number of hydrogen-bond donors (Lipinski definition) is 1. The van der Waals surface area contributed by atoms with Crippen LogP contribution in [0.25, 0.3) is 0 Å². The molecule has 0 fully saturated rings. The Morgan fingerprint density at radius 2 is 2.45 bits per heavy atom. The highest BCUT2D eigenvalue weighted by atomic mass is 127. The molecule has 0 aromatic heterocycles. The predicted molar refractivity (Wildman–Crippen MR) is 59.4 cm³/mol. The van der Waals surface area contributed by atoms with Crippen molar-refractivity contribution in [3.8, 4) is 0 Å². The Morgan fingerprint density at radius 3 is 2.91 bits per heavy atom. The van der Waals surface area contributed by atoms with Gasteiger partial charge in [0.05, 0.1) is 0 Å². The maximum Gasteiger partial charge on any atom is 0.236 e. The Balaban J connectivity index is 3.66. The predicted octanol–water partition coefficient (Wildman–Crippen LogP) is 1.88. The van der Waals surface area contributed by atoms with Gasteiger partial charge in [-0.3, -0.25) is 4.79 Å². The Labute approximate surface area is 89.1 Å². The molecule has 1 amide bonds. The molecule has 0 aliphatic heterocycles. The lowest BCUT2D eigenvalue weighted by atomic mass is 10.3. The fourth-order valence-electron chi connectivity index (χ4n) is 0.504. The molecule has 0 heterocycles. The van der Waals surface area contributed by atoms with Crippen LogP contribution in [0.5, 0.6) is 0 Å². The van der Waals surface area contributed by atoms with Crippen molar-refractivity contribution in [2.75, 3.05) is 12.4 Å². The molecule has 11 heavy (non-hydrogen) atoms. The minimum Gasteiger partial charge on any atom is -0.358 e. The minimum atomic E-state index is -0.0448. The van der Waals surface area contributed by atoms with Crippen LogP contribution in [0.15, 0.2) is 12.2 Å². The van der Waals surface area contributed by atoms with Crippen molar-refractivity contribution in [1.29, 1.82) is 0 Å². The SMILES string of the molecule is CNC(=O)C(I)C=CCCBr. The number of hydrogen-bond acceptors (Lipinski definition) is 1. The summed E-state index contributed by atoms with van der Waals surface area (Å²) in [6.07, 6.45) is 4.87. The Bertz CT molecular complexity index is 149. The number of allylic oxidation sites excluding steroid dienone is 1. The monoisotopic (exact) mass is 331 g/mol. The molecule has 0 spiro atoms. The number of carbonyl (C=O) groups is 1. The first kappa shape index (κ1) is 11.4. The Morgan fingerprint density at radius 1 is 1.82 bits per heavy atom. The first-order chi connectivity index (χ1) is 5.22. The van der Waals surface area contributed by atoms with E-state index in [-0.39, 0.29) is 9.83 Å². The first-order valence-electron chi connectivity index (χ1n) is 3.30. The van der Waals surface area contributed by atoms with Gasteiger partial charge in [0, 0.05) is 12.4 Å². The molecule has 0 saturated carbocycles. The highest BCUT2D eigenvalue weighted by Gasteiger charge is 2.06. The van der Waals surface area contributed by atoms with Gasteiger partial charge in [0.1, 0.15) is 3.92 Å². The summed E-state index contributed by atoms with van der Waals surface area (Å²) in [4.78, 5) is 10.9.